The molecule has 11 heteroatoms. The van der Waals surface area contributed by atoms with Gasteiger partial charge in [0.05, 0.1) is 18.0 Å². The lowest BCUT2D eigenvalue weighted by atomic mass is 9.88. The van der Waals surface area contributed by atoms with E-state index >= 15 is 0 Å². The van der Waals surface area contributed by atoms with E-state index < -0.39 is 20.6 Å². The van der Waals surface area contributed by atoms with Crippen LogP contribution in [0.15, 0.2) is 34.1 Å². The molecule has 0 atom stereocenters. The fourth-order valence-corrected chi connectivity index (χ4v) is 7.97. The molecular formula is C21H23IN2O6S2. The Morgan fingerprint density at radius 3 is 2.56 bits per heavy atom. The highest BCUT2D eigenvalue weighted by Crippen LogP contribution is 2.41. The van der Waals surface area contributed by atoms with Crippen molar-refractivity contribution in [2.24, 2.45) is 0 Å². The van der Waals surface area contributed by atoms with Gasteiger partial charge in [0, 0.05) is 45.3 Å². The van der Waals surface area contributed by atoms with Crippen molar-refractivity contribution in [3.8, 4) is 0 Å². The summed E-state index contributed by atoms with van der Waals surface area (Å²) in [5.41, 5.74) is 4.22. The first-order valence-corrected chi connectivity index (χ1v) is 14.7. The van der Waals surface area contributed by atoms with Gasteiger partial charge in [-0.05, 0) is 61.1 Å². The fourth-order valence-electron chi connectivity index (χ4n) is 4.06. The number of esters is 1. The molecule has 8 nitrogen and oxygen atoms in total. The first kappa shape index (κ1) is 24.9. The van der Waals surface area contributed by atoms with Crippen molar-refractivity contribution in [2.75, 3.05) is 13.2 Å². The third-order valence-corrected chi connectivity index (χ3v) is 9.59. The summed E-state index contributed by atoms with van der Waals surface area (Å²) in [7, 11) is -2.54. The molecular weight excluding hydrogens is 567 g/mol. The van der Waals surface area contributed by atoms with Gasteiger partial charge in [-0.1, -0.05) is 21.1 Å². The van der Waals surface area contributed by atoms with Crippen molar-refractivity contribution in [2.45, 2.75) is 49.9 Å². The SMILES string of the molecule is CCOC(=O)Cc1c(C)c2c(c(C)c1SI)CCN(S(=O)(=O)c1ccccc1[N+](=O)[O-])C2. The van der Waals surface area contributed by atoms with Crippen LogP contribution in [0.5, 0.6) is 0 Å². The maximum atomic E-state index is 13.3. The Hall–Kier alpha value is -1.70. The number of nitro benzene ring substituents is 1. The Morgan fingerprint density at radius 1 is 1.25 bits per heavy atom. The van der Waals surface area contributed by atoms with E-state index in [1.54, 1.807) is 6.92 Å². The third kappa shape index (κ3) is 4.66. The smallest absolute Gasteiger partial charge is 0.310 e. The van der Waals surface area contributed by atoms with Crippen LogP contribution in [0.4, 0.5) is 5.69 Å². The summed E-state index contributed by atoms with van der Waals surface area (Å²) < 4.78 is 33.1. The van der Waals surface area contributed by atoms with Crippen LogP contribution in [0.1, 0.15) is 34.7 Å². The van der Waals surface area contributed by atoms with Gasteiger partial charge in [0.25, 0.3) is 5.69 Å². The molecule has 0 unspecified atom stereocenters. The van der Waals surface area contributed by atoms with Crippen molar-refractivity contribution in [3.63, 3.8) is 0 Å². The average molecular weight is 590 g/mol. The van der Waals surface area contributed by atoms with E-state index in [-0.39, 0.29) is 37.0 Å². The normalized spacial score (nSPS) is 14.1. The highest BCUT2D eigenvalue weighted by Gasteiger charge is 2.35. The van der Waals surface area contributed by atoms with Crippen molar-refractivity contribution in [1.82, 2.24) is 4.31 Å². The summed E-state index contributed by atoms with van der Waals surface area (Å²) in [5, 5.41) is 11.4. The summed E-state index contributed by atoms with van der Waals surface area (Å²) >= 11 is 2.19. The number of sulfonamides is 1. The molecule has 2 aromatic rings. The number of hydrogen-bond acceptors (Lipinski definition) is 7. The highest BCUT2D eigenvalue weighted by atomic mass is 127. The van der Waals surface area contributed by atoms with Gasteiger partial charge in [0.1, 0.15) is 0 Å². The molecule has 1 heterocycles. The summed E-state index contributed by atoms with van der Waals surface area (Å²) in [5.74, 6) is -0.332. The van der Waals surface area contributed by atoms with Crippen molar-refractivity contribution < 1.29 is 22.9 Å². The molecule has 0 fully saturated rings. The minimum atomic E-state index is -4.08. The second kappa shape index (κ2) is 10.1. The van der Waals surface area contributed by atoms with E-state index in [4.69, 9.17) is 4.74 Å². The quantitative estimate of drug-likeness (QED) is 0.202. The van der Waals surface area contributed by atoms with E-state index in [0.717, 1.165) is 32.7 Å². The van der Waals surface area contributed by atoms with Gasteiger partial charge < -0.3 is 4.74 Å². The Morgan fingerprint density at radius 2 is 1.94 bits per heavy atom. The summed E-state index contributed by atoms with van der Waals surface area (Å²) in [6.07, 6.45) is 0.599. The molecule has 172 valence electrons. The Bertz CT molecular complexity index is 1180. The van der Waals surface area contributed by atoms with Gasteiger partial charge in [-0.3, -0.25) is 14.9 Å². The molecule has 32 heavy (non-hydrogen) atoms. The fraction of sp³-hybridized carbons (Fsp3) is 0.381. The number of para-hydroxylation sites is 1. The van der Waals surface area contributed by atoms with Crippen LogP contribution in [0.25, 0.3) is 0 Å². The van der Waals surface area contributed by atoms with Crippen LogP contribution >= 0.6 is 30.1 Å². The number of carbonyl (C=O) groups excluding carboxylic acids is 1. The van der Waals surface area contributed by atoms with Gasteiger partial charge in [-0.25, -0.2) is 8.42 Å². The topological polar surface area (TPSA) is 107 Å². The van der Waals surface area contributed by atoms with E-state index in [2.05, 4.69) is 21.2 Å². The van der Waals surface area contributed by atoms with E-state index in [0.29, 0.717) is 6.42 Å². The number of benzene rings is 2. The zero-order chi connectivity index (χ0) is 23.6. The van der Waals surface area contributed by atoms with Gasteiger partial charge in [0.15, 0.2) is 4.90 Å². The highest BCUT2D eigenvalue weighted by molar-refractivity contribution is 14.2. The second-order valence-corrected chi connectivity index (χ2v) is 11.2. The molecule has 2 aromatic carbocycles. The number of nitrogens with zero attached hydrogens (tertiary/aromatic N) is 2. The molecule has 0 bridgehead atoms. The largest absolute Gasteiger partial charge is 0.466 e. The predicted molar refractivity (Wildman–Crippen MR) is 131 cm³/mol. The number of hydrogen-bond donors (Lipinski definition) is 0. The minimum absolute atomic E-state index is 0.0956. The van der Waals surface area contributed by atoms with Crippen molar-refractivity contribution >= 4 is 51.8 Å². The molecule has 0 aromatic heterocycles. The summed E-state index contributed by atoms with van der Waals surface area (Å²) in [6.45, 7) is 6.24. The standard InChI is InChI=1S/C21H23IN2O6S2/c1-4-30-20(25)11-16-13(2)17-12-23(10-9-15(17)14(3)21(16)31-22)32(28,29)19-8-6-5-7-18(19)24(26)27/h5-8H,4,9-12H2,1-3H3. The first-order valence-electron chi connectivity index (χ1n) is 9.95. The Kier molecular flexibility index (Phi) is 7.84. The number of halogens is 1. The van der Waals surface area contributed by atoms with Gasteiger partial charge in [-0.15, -0.1) is 0 Å². The predicted octanol–water partition coefficient (Wildman–Crippen LogP) is 4.51. The Balaban J connectivity index is 2.07. The average Bonchev–Trinajstić information content (AvgIpc) is 2.77. The monoisotopic (exact) mass is 590 g/mol. The molecule has 0 radical (unpaired) electrons. The maximum Gasteiger partial charge on any atom is 0.310 e. The summed E-state index contributed by atoms with van der Waals surface area (Å²) in [4.78, 5) is 23.6. The molecule has 0 N–H and O–H groups in total. The van der Waals surface area contributed by atoms with Crippen molar-refractivity contribution in [3.05, 3.63) is 62.2 Å². The molecule has 0 saturated carbocycles. The second-order valence-electron chi connectivity index (χ2n) is 7.39. The number of fused-ring (bicyclic) bond motifs is 1. The summed E-state index contributed by atoms with van der Waals surface area (Å²) in [6, 6.07) is 5.39. The lowest BCUT2D eigenvalue weighted by molar-refractivity contribution is -0.387. The van der Waals surface area contributed by atoms with Gasteiger partial charge in [0.2, 0.25) is 10.0 Å². The van der Waals surface area contributed by atoms with Gasteiger partial charge in [-0.2, -0.15) is 4.31 Å². The number of carbonyl (C=O) groups is 1. The van der Waals surface area contributed by atoms with E-state index in [1.807, 2.05) is 13.8 Å². The number of rotatable bonds is 7. The first-order chi connectivity index (χ1) is 15.1. The molecule has 0 amide bonds. The van der Waals surface area contributed by atoms with Crippen LogP contribution in [-0.2, 0) is 38.9 Å². The minimum Gasteiger partial charge on any atom is -0.466 e. The van der Waals surface area contributed by atoms with Crippen LogP contribution in [0.3, 0.4) is 0 Å². The molecule has 3 rings (SSSR count). The zero-order valence-electron chi connectivity index (χ0n) is 17.9. The molecule has 1 aliphatic heterocycles. The lowest BCUT2D eigenvalue weighted by Crippen LogP contribution is -2.37. The molecule has 1 aliphatic rings. The van der Waals surface area contributed by atoms with Gasteiger partial charge >= 0.3 is 5.97 Å². The lowest BCUT2D eigenvalue weighted by Gasteiger charge is -2.32. The van der Waals surface area contributed by atoms with Crippen LogP contribution in [-0.4, -0.2) is 36.8 Å². The molecule has 0 spiro atoms. The molecule has 0 saturated heterocycles. The van der Waals surface area contributed by atoms with Crippen LogP contribution < -0.4 is 0 Å². The van der Waals surface area contributed by atoms with E-state index in [1.165, 1.54) is 37.5 Å². The zero-order valence-corrected chi connectivity index (χ0v) is 21.7. The third-order valence-electron chi connectivity index (χ3n) is 5.67. The van der Waals surface area contributed by atoms with E-state index in [9.17, 15) is 23.3 Å². The number of nitro groups is 1. The van der Waals surface area contributed by atoms with Crippen molar-refractivity contribution in [1.29, 1.82) is 0 Å². The number of ether oxygens (including phenoxy) is 1. The van der Waals surface area contributed by atoms with Crippen LogP contribution in [0, 0.1) is 24.0 Å². The maximum absolute atomic E-state index is 13.3. The molecule has 0 aliphatic carbocycles. The van der Waals surface area contributed by atoms with Crippen LogP contribution in [0.2, 0.25) is 0 Å². The Labute approximate surface area is 203 Å².